The van der Waals surface area contributed by atoms with Gasteiger partial charge in [-0.15, -0.1) is 0 Å². The van der Waals surface area contributed by atoms with Crippen molar-refractivity contribution in [2.45, 2.75) is 4.99 Å². The monoisotopic (exact) mass is 326 g/mol. The van der Waals surface area contributed by atoms with E-state index in [1.165, 1.54) is 12.1 Å². The third-order valence-corrected chi connectivity index (χ3v) is 6.36. The highest BCUT2D eigenvalue weighted by Gasteiger charge is 2.37. The van der Waals surface area contributed by atoms with Crippen LogP contribution in [-0.2, 0) is 9.13 Å². The van der Waals surface area contributed by atoms with Gasteiger partial charge in [0.1, 0.15) is 4.99 Å². The predicted molar refractivity (Wildman–Crippen MR) is 71.1 cm³/mol. The lowest BCUT2D eigenvalue weighted by atomic mass is 10.2. The van der Waals surface area contributed by atoms with Crippen molar-refractivity contribution in [3.05, 3.63) is 35.9 Å². The first kappa shape index (κ1) is 16.6. The summed E-state index contributed by atoms with van der Waals surface area (Å²) in [5, 5.41) is -0.651. The van der Waals surface area contributed by atoms with Crippen LogP contribution in [0.1, 0.15) is 10.4 Å². The fraction of sp³-hybridized carbons (Fsp3) is 0.222. The van der Waals surface area contributed by atoms with Crippen LogP contribution < -0.4 is 0 Å². The molecule has 0 spiro atoms. The van der Waals surface area contributed by atoms with Crippen molar-refractivity contribution in [1.82, 2.24) is 0 Å². The Morgan fingerprint density at radius 2 is 1.63 bits per heavy atom. The van der Waals surface area contributed by atoms with Gasteiger partial charge in [0, 0.05) is 5.56 Å². The largest absolute Gasteiger partial charge is 0.339 e. The normalized spacial score (nSPS) is 14.1. The molecule has 0 radical (unpaired) electrons. The topological polar surface area (TPSA) is 132 Å². The molecule has 19 heavy (non-hydrogen) atoms. The Morgan fingerprint density at radius 3 is 2.05 bits per heavy atom. The summed E-state index contributed by atoms with van der Waals surface area (Å²) >= 11 is 0.237. The van der Waals surface area contributed by atoms with Crippen LogP contribution in [0.4, 0.5) is 0 Å². The van der Waals surface area contributed by atoms with Gasteiger partial charge in [0.25, 0.3) is 0 Å². The van der Waals surface area contributed by atoms with E-state index in [9.17, 15) is 13.9 Å². The smallest absolute Gasteiger partial charge is 0.324 e. The van der Waals surface area contributed by atoms with E-state index in [2.05, 4.69) is 0 Å². The number of hydrogen-bond donors (Lipinski definition) is 4. The molecule has 0 fully saturated rings. The first-order valence-electron chi connectivity index (χ1n) is 4.95. The molecular formula is C9H12O7P2S. The van der Waals surface area contributed by atoms with E-state index in [1.807, 2.05) is 0 Å². The predicted octanol–water partition coefficient (Wildman–Crippen LogP) is 1.24. The van der Waals surface area contributed by atoms with E-state index in [1.54, 1.807) is 18.2 Å². The second kappa shape index (κ2) is 6.33. The molecule has 1 unspecified atom stereocenters. The summed E-state index contributed by atoms with van der Waals surface area (Å²) in [5.41, 5.74) is 0.205. The number of benzene rings is 1. The quantitative estimate of drug-likeness (QED) is 0.594. The molecule has 0 aliphatic carbocycles. The van der Waals surface area contributed by atoms with Crippen molar-refractivity contribution >= 4 is 32.1 Å². The van der Waals surface area contributed by atoms with Crippen molar-refractivity contribution in [2.75, 3.05) is 6.16 Å². The van der Waals surface area contributed by atoms with E-state index in [4.69, 9.17) is 19.6 Å². The van der Waals surface area contributed by atoms with Gasteiger partial charge in [-0.05, 0) is 0 Å². The molecule has 0 saturated heterocycles. The molecule has 10 heteroatoms. The fourth-order valence-electron chi connectivity index (χ4n) is 1.18. The summed E-state index contributed by atoms with van der Waals surface area (Å²) in [6, 6.07) is 7.71. The van der Waals surface area contributed by atoms with Gasteiger partial charge in [-0.1, -0.05) is 42.1 Å². The van der Waals surface area contributed by atoms with Crippen molar-refractivity contribution in [2.24, 2.45) is 0 Å². The number of rotatable bonds is 5. The molecule has 0 aliphatic heterocycles. The third kappa shape index (κ3) is 6.01. The van der Waals surface area contributed by atoms with Crippen LogP contribution >= 0.6 is 27.0 Å². The Bertz CT molecular complexity index is 535. The summed E-state index contributed by atoms with van der Waals surface area (Å²) in [7, 11) is -9.43. The van der Waals surface area contributed by atoms with Gasteiger partial charge in [-0.3, -0.25) is 13.9 Å². The second-order valence-electron chi connectivity index (χ2n) is 3.66. The molecule has 1 aromatic rings. The highest BCUT2D eigenvalue weighted by molar-refractivity contribution is 8.18. The molecule has 0 heterocycles. The molecule has 0 saturated carbocycles. The summed E-state index contributed by atoms with van der Waals surface area (Å²) in [5.74, 6) is 0. The van der Waals surface area contributed by atoms with Crippen LogP contribution in [0.5, 0.6) is 0 Å². The zero-order valence-electron chi connectivity index (χ0n) is 9.49. The number of hydrogen-bond acceptors (Lipinski definition) is 4. The van der Waals surface area contributed by atoms with Gasteiger partial charge in [0.2, 0.25) is 5.12 Å². The fourth-order valence-corrected chi connectivity index (χ4v) is 5.31. The summed E-state index contributed by atoms with van der Waals surface area (Å²) in [6.45, 7) is 0. The Kier molecular flexibility index (Phi) is 5.53. The molecule has 1 aromatic carbocycles. The average Bonchev–Trinajstić information content (AvgIpc) is 2.26. The van der Waals surface area contributed by atoms with Crippen molar-refractivity contribution < 1.29 is 33.5 Å². The van der Waals surface area contributed by atoms with Crippen LogP contribution in [0, 0.1) is 0 Å². The van der Waals surface area contributed by atoms with E-state index in [0.29, 0.717) is 0 Å². The van der Waals surface area contributed by atoms with Gasteiger partial charge in [0.15, 0.2) is 0 Å². The van der Waals surface area contributed by atoms with Crippen LogP contribution in [0.25, 0.3) is 0 Å². The molecule has 7 nitrogen and oxygen atoms in total. The Labute approximate surface area is 113 Å². The Hall–Kier alpha value is -0.460. The molecular weight excluding hydrogens is 314 g/mol. The molecule has 1 atom stereocenters. The Morgan fingerprint density at radius 1 is 1.11 bits per heavy atom. The lowest BCUT2D eigenvalue weighted by Gasteiger charge is -2.17. The minimum absolute atomic E-state index is 0.205. The van der Waals surface area contributed by atoms with Crippen molar-refractivity contribution in [3.63, 3.8) is 0 Å². The van der Waals surface area contributed by atoms with Crippen LogP contribution in [-0.4, -0.2) is 35.8 Å². The lowest BCUT2D eigenvalue weighted by molar-refractivity contribution is 0.108. The SMILES string of the molecule is O=C(SC(CP(=O)(O)O)P(=O)(O)O)c1ccccc1. The van der Waals surface area contributed by atoms with Crippen LogP contribution in [0.3, 0.4) is 0 Å². The molecule has 4 N–H and O–H groups in total. The molecule has 0 aliphatic rings. The summed E-state index contributed by atoms with van der Waals surface area (Å²) in [4.78, 5) is 45.6. The van der Waals surface area contributed by atoms with Crippen molar-refractivity contribution in [1.29, 1.82) is 0 Å². The van der Waals surface area contributed by atoms with Gasteiger partial charge in [-0.25, -0.2) is 0 Å². The molecule has 0 bridgehead atoms. The van der Waals surface area contributed by atoms with Gasteiger partial charge < -0.3 is 19.6 Å². The summed E-state index contributed by atoms with van der Waals surface area (Å²) in [6.07, 6.45) is -1.06. The van der Waals surface area contributed by atoms with Gasteiger partial charge in [0.05, 0.1) is 6.16 Å². The maximum absolute atomic E-state index is 11.8. The van der Waals surface area contributed by atoms with E-state index in [-0.39, 0.29) is 17.3 Å². The van der Waals surface area contributed by atoms with Gasteiger partial charge >= 0.3 is 15.2 Å². The average molecular weight is 326 g/mol. The molecule has 0 aromatic heterocycles. The summed E-state index contributed by atoms with van der Waals surface area (Å²) < 4.78 is 22.0. The third-order valence-electron chi connectivity index (χ3n) is 2.02. The minimum atomic E-state index is -4.80. The lowest BCUT2D eigenvalue weighted by Crippen LogP contribution is -2.13. The first-order valence-corrected chi connectivity index (χ1v) is 9.31. The molecule has 106 valence electrons. The van der Waals surface area contributed by atoms with E-state index >= 15 is 0 Å². The maximum atomic E-state index is 11.8. The number of thioether (sulfide) groups is 1. The molecule has 0 amide bonds. The maximum Gasteiger partial charge on any atom is 0.339 e. The van der Waals surface area contributed by atoms with Crippen LogP contribution in [0.15, 0.2) is 30.3 Å². The highest BCUT2D eigenvalue weighted by atomic mass is 32.2. The standard InChI is InChI=1S/C9H12O7P2S/c10-9(7-4-2-1-3-5-7)19-8(18(14,15)16)6-17(11,12)13/h1-5,8H,6H2,(H2,11,12,13)(H2,14,15,16). The highest BCUT2D eigenvalue weighted by Crippen LogP contribution is 2.53. The van der Waals surface area contributed by atoms with E-state index in [0.717, 1.165) is 0 Å². The number of carbonyl (C=O) groups excluding carboxylic acids is 1. The zero-order chi connectivity index (χ0) is 14.7. The van der Waals surface area contributed by atoms with E-state index < -0.39 is 31.5 Å². The minimum Gasteiger partial charge on any atom is -0.324 e. The van der Waals surface area contributed by atoms with Crippen molar-refractivity contribution in [3.8, 4) is 0 Å². The molecule has 1 rings (SSSR count). The van der Waals surface area contributed by atoms with Gasteiger partial charge in [-0.2, -0.15) is 0 Å². The van der Waals surface area contributed by atoms with Crippen LogP contribution in [0.2, 0.25) is 0 Å². The second-order valence-corrected chi connectivity index (χ2v) is 8.68. The number of carbonyl (C=O) groups is 1. The Balaban J connectivity index is 2.88. The zero-order valence-corrected chi connectivity index (χ0v) is 12.1. The first-order chi connectivity index (χ1) is 8.59.